The van der Waals surface area contributed by atoms with Crippen molar-refractivity contribution in [2.75, 3.05) is 13.7 Å². The molecule has 0 heterocycles. The average molecular weight is 293 g/mol. The van der Waals surface area contributed by atoms with E-state index in [9.17, 15) is 0 Å². The van der Waals surface area contributed by atoms with Crippen LogP contribution in [0.3, 0.4) is 0 Å². The Kier molecular flexibility index (Phi) is 6.53. The van der Waals surface area contributed by atoms with Crippen molar-refractivity contribution in [3.63, 3.8) is 0 Å². The molecule has 0 saturated carbocycles. The van der Waals surface area contributed by atoms with Crippen molar-refractivity contribution in [3.8, 4) is 11.5 Å². The van der Waals surface area contributed by atoms with Gasteiger partial charge in [-0.2, -0.15) is 0 Å². The third kappa shape index (κ3) is 5.58. The molecule has 0 aliphatic heterocycles. The zero-order valence-electron chi connectivity index (χ0n) is 14.6. The van der Waals surface area contributed by atoms with Crippen LogP contribution in [0, 0.1) is 11.3 Å². The van der Waals surface area contributed by atoms with E-state index in [-0.39, 0.29) is 6.10 Å². The number of nitrogens with one attached hydrogen (secondary N) is 1. The fraction of sp³-hybridized carbons (Fsp3) is 0.667. The van der Waals surface area contributed by atoms with Gasteiger partial charge in [0.25, 0.3) is 0 Å². The summed E-state index contributed by atoms with van der Waals surface area (Å²) >= 11 is 0. The van der Waals surface area contributed by atoms with Crippen LogP contribution in [0.25, 0.3) is 0 Å². The Bertz CT molecular complexity index is 439. The van der Waals surface area contributed by atoms with Gasteiger partial charge in [0.1, 0.15) is 0 Å². The fourth-order valence-electron chi connectivity index (χ4n) is 1.91. The van der Waals surface area contributed by atoms with Crippen LogP contribution < -0.4 is 14.8 Å². The Balaban J connectivity index is 2.65. The van der Waals surface area contributed by atoms with Crippen LogP contribution in [-0.4, -0.2) is 19.8 Å². The van der Waals surface area contributed by atoms with Crippen molar-refractivity contribution in [1.82, 2.24) is 5.32 Å². The summed E-state index contributed by atoms with van der Waals surface area (Å²) < 4.78 is 11.2. The lowest BCUT2D eigenvalue weighted by atomic mass is 9.81. The topological polar surface area (TPSA) is 30.5 Å². The van der Waals surface area contributed by atoms with E-state index < -0.39 is 0 Å². The molecule has 1 N–H and O–H groups in total. The summed E-state index contributed by atoms with van der Waals surface area (Å²) in [6.07, 6.45) is 0.148. The maximum Gasteiger partial charge on any atom is 0.161 e. The highest BCUT2D eigenvalue weighted by atomic mass is 16.5. The molecule has 3 heteroatoms. The Morgan fingerprint density at radius 3 is 2.29 bits per heavy atom. The summed E-state index contributed by atoms with van der Waals surface area (Å²) in [6, 6.07) is 6.13. The minimum atomic E-state index is 0.148. The molecule has 0 fully saturated rings. The monoisotopic (exact) mass is 293 g/mol. The predicted molar refractivity (Wildman–Crippen MR) is 89.1 cm³/mol. The van der Waals surface area contributed by atoms with E-state index in [1.165, 1.54) is 5.56 Å². The molecule has 0 aromatic heterocycles. The Labute approximate surface area is 130 Å². The quantitative estimate of drug-likeness (QED) is 0.777. The lowest BCUT2D eigenvalue weighted by Crippen LogP contribution is -2.33. The molecule has 0 spiro atoms. The van der Waals surface area contributed by atoms with Crippen molar-refractivity contribution >= 4 is 0 Å². The van der Waals surface area contributed by atoms with Crippen LogP contribution in [0.2, 0.25) is 0 Å². The van der Waals surface area contributed by atoms with Crippen molar-refractivity contribution in [2.45, 2.75) is 54.2 Å². The molecule has 120 valence electrons. The summed E-state index contributed by atoms with van der Waals surface area (Å²) in [7, 11) is 1.68. The molecule has 0 bridgehead atoms. The molecular formula is C18H31NO2. The SMILES string of the molecule is COc1cc(CNCC(C)(C)C(C)C)ccc1OC(C)C. The molecule has 0 aliphatic carbocycles. The van der Waals surface area contributed by atoms with E-state index in [1.54, 1.807) is 7.11 Å². The lowest BCUT2D eigenvalue weighted by Gasteiger charge is -2.29. The van der Waals surface area contributed by atoms with Crippen molar-refractivity contribution in [2.24, 2.45) is 11.3 Å². The van der Waals surface area contributed by atoms with Gasteiger partial charge in [-0.05, 0) is 42.9 Å². The lowest BCUT2D eigenvalue weighted by molar-refractivity contribution is 0.229. The van der Waals surface area contributed by atoms with Gasteiger partial charge in [-0.1, -0.05) is 33.8 Å². The van der Waals surface area contributed by atoms with E-state index >= 15 is 0 Å². The summed E-state index contributed by atoms with van der Waals surface area (Å²) in [5.41, 5.74) is 1.51. The number of benzene rings is 1. The summed E-state index contributed by atoms with van der Waals surface area (Å²) in [4.78, 5) is 0. The van der Waals surface area contributed by atoms with Crippen LogP contribution in [0.5, 0.6) is 11.5 Å². The van der Waals surface area contributed by atoms with Gasteiger partial charge >= 0.3 is 0 Å². The largest absolute Gasteiger partial charge is 0.493 e. The van der Waals surface area contributed by atoms with Gasteiger partial charge in [0.15, 0.2) is 11.5 Å². The van der Waals surface area contributed by atoms with Crippen molar-refractivity contribution in [1.29, 1.82) is 0 Å². The molecule has 21 heavy (non-hydrogen) atoms. The highest BCUT2D eigenvalue weighted by molar-refractivity contribution is 5.43. The summed E-state index contributed by atoms with van der Waals surface area (Å²) in [5.74, 6) is 2.26. The molecule has 0 radical (unpaired) electrons. The number of hydrogen-bond donors (Lipinski definition) is 1. The molecule has 3 nitrogen and oxygen atoms in total. The van der Waals surface area contributed by atoms with Crippen molar-refractivity contribution < 1.29 is 9.47 Å². The molecule has 0 amide bonds. The average Bonchev–Trinajstić information content (AvgIpc) is 2.39. The first-order chi connectivity index (χ1) is 9.76. The molecule has 1 aromatic rings. The molecule has 0 unspecified atom stereocenters. The normalized spacial score (nSPS) is 12.0. The van der Waals surface area contributed by atoms with Gasteiger partial charge in [0.2, 0.25) is 0 Å². The van der Waals surface area contributed by atoms with Crippen molar-refractivity contribution in [3.05, 3.63) is 23.8 Å². The zero-order valence-corrected chi connectivity index (χ0v) is 14.6. The minimum Gasteiger partial charge on any atom is -0.493 e. The Morgan fingerprint density at radius 2 is 1.76 bits per heavy atom. The van der Waals surface area contributed by atoms with Crippen LogP contribution in [-0.2, 0) is 6.54 Å². The van der Waals surface area contributed by atoms with E-state index in [2.05, 4.69) is 39.1 Å². The number of hydrogen-bond acceptors (Lipinski definition) is 3. The van der Waals surface area contributed by atoms with E-state index in [4.69, 9.17) is 9.47 Å². The second kappa shape index (κ2) is 7.69. The zero-order chi connectivity index (χ0) is 16.0. The van der Waals surface area contributed by atoms with E-state index in [1.807, 2.05) is 26.0 Å². The second-order valence-electron chi connectivity index (χ2n) is 6.90. The van der Waals surface area contributed by atoms with Crippen LogP contribution in [0.1, 0.15) is 47.1 Å². The summed E-state index contributed by atoms with van der Waals surface area (Å²) in [6.45, 7) is 15.0. The van der Waals surface area contributed by atoms with Crippen LogP contribution >= 0.6 is 0 Å². The van der Waals surface area contributed by atoms with E-state index in [0.29, 0.717) is 11.3 Å². The molecule has 1 aromatic carbocycles. The summed E-state index contributed by atoms with van der Waals surface area (Å²) in [5, 5.41) is 3.54. The van der Waals surface area contributed by atoms with Gasteiger partial charge in [-0.25, -0.2) is 0 Å². The third-order valence-electron chi connectivity index (χ3n) is 4.06. The van der Waals surface area contributed by atoms with Gasteiger partial charge in [0, 0.05) is 13.1 Å². The maximum atomic E-state index is 5.74. The highest BCUT2D eigenvalue weighted by Crippen LogP contribution is 2.29. The molecule has 0 saturated heterocycles. The number of methoxy groups -OCH3 is 1. The first-order valence-corrected chi connectivity index (χ1v) is 7.80. The van der Waals surface area contributed by atoms with Gasteiger partial charge in [0.05, 0.1) is 13.2 Å². The van der Waals surface area contributed by atoms with Crippen LogP contribution in [0.15, 0.2) is 18.2 Å². The molecule has 1 rings (SSSR count). The van der Waals surface area contributed by atoms with Gasteiger partial charge in [-0.3, -0.25) is 0 Å². The number of ether oxygens (including phenoxy) is 2. The smallest absolute Gasteiger partial charge is 0.161 e. The number of rotatable bonds is 8. The van der Waals surface area contributed by atoms with E-state index in [0.717, 1.165) is 24.6 Å². The highest BCUT2D eigenvalue weighted by Gasteiger charge is 2.21. The molecule has 0 aliphatic rings. The standard InChI is InChI=1S/C18H31NO2/c1-13(2)18(5,6)12-19-11-15-8-9-16(21-14(3)4)17(10-15)20-7/h8-10,13-14,19H,11-12H2,1-7H3. The predicted octanol–water partition coefficient (Wildman–Crippen LogP) is 4.25. The van der Waals surface area contributed by atoms with Crippen LogP contribution in [0.4, 0.5) is 0 Å². The molecular weight excluding hydrogens is 262 g/mol. The third-order valence-corrected chi connectivity index (χ3v) is 4.06. The second-order valence-corrected chi connectivity index (χ2v) is 6.90. The Hall–Kier alpha value is -1.22. The van der Waals surface area contributed by atoms with Gasteiger partial charge < -0.3 is 14.8 Å². The first kappa shape index (κ1) is 17.8. The Morgan fingerprint density at radius 1 is 1.10 bits per heavy atom. The molecule has 0 atom stereocenters. The van der Waals surface area contributed by atoms with Gasteiger partial charge in [-0.15, -0.1) is 0 Å². The minimum absolute atomic E-state index is 0.148. The maximum absolute atomic E-state index is 5.74. The first-order valence-electron chi connectivity index (χ1n) is 7.80. The fourth-order valence-corrected chi connectivity index (χ4v) is 1.91.